The van der Waals surface area contributed by atoms with Crippen molar-refractivity contribution in [2.24, 2.45) is 10.7 Å². The molecule has 3 atom stereocenters. The first-order valence-electron chi connectivity index (χ1n) is 6.86. The van der Waals surface area contributed by atoms with Gasteiger partial charge in [0.1, 0.15) is 11.9 Å². The van der Waals surface area contributed by atoms with Crippen LogP contribution in [0.2, 0.25) is 0 Å². The zero-order chi connectivity index (χ0) is 13.2. The molecule has 1 aliphatic carbocycles. The van der Waals surface area contributed by atoms with Crippen molar-refractivity contribution in [2.45, 2.75) is 43.9 Å². The summed E-state index contributed by atoms with van der Waals surface area (Å²) in [5, 5.41) is 0. The standard InChI is InChI=1S/C15H20N2O2/c1-18-12-5-2-10(3-6-12)8-15-17-13-7-4-11(16)9-14(13)19-15/h2-3,5-6,11,13-14H,4,7-9,16H2,1H3. The average Bonchev–Trinajstić information content (AvgIpc) is 2.81. The van der Waals surface area contributed by atoms with E-state index in [1.165, 1.54) is 5.56 Å². The molecule has 0 amide bonds. The number of nitrogens with two attached hydrogens (primary N) is 1. The second-order valence-corrected chi connectivity index (χ2v) is 5.34. The van der Waals surface area contributed by atoms with Crippen LogP contribution in [0.4, 0.5) is 0 Å². The molecular formula is C15H20N2O2. The van der Waals surface area contributed by atoms with Crippen molar-refractivity contribution in [3.63, 3.8) is 0 Å². The highest BCUT2D eigenvalue weighted by atomic mass is 16.5. The Kier molecular flexibility index (Phi) is 3.42. The lowest BCUT2D eigenvalue weighted by molar-refractivity contribution is 0.139. The van der Waals surface area contributed by atoms with Gasteiger partial charge in [-0.3, -0.25) is 0 Å². The van der Waals surface area contributed by atoms with E-state index in [9.17, 15) is 0 Å². The third kappa shape index (κ3) is 2.73. The van der Waals surface area contributed by atoms with Gasteiger partial charge in [-0.25, -0.2) is 4.99 Å². The van der Waals surface area contributed by atoms with Gasteiger partial charge in [0.15, 0.2) is 5.90 Å². The van der Waals surface area contributed by atoms with Gasteiger partial charge in [-0.05, 0) is 30.5 Å². The number of rotatable bonds is 3. The molecule has 3 rings (SSSR count). The Morgan fingerprint density at radius 2 is 2.11 bits per heavy atom. The Bertz CT molecular complexity index is 470. The maximum atomic E-state index is 5.98. The summed E-state index contributed by atoms with van der Waals surface area (Å²) in [7, 11) is 1.67. The number of nitrogens with zero attached hydrogens (tertiary/aromatic N) is 1. The third-order valence-electron chi connectivity index (χ3n) is 3.91. The minimum Gasteiger partial charge on any atom is -0.497 e. The topological polar surface area (TPSA) is 56.8 Å². The Balaban J connectivity index is 1.64. The van der Waals surface area contributed by atoms with Crippen LogP contribution in [0.15, 0.2) is 29.3 Å². The quantitative estimate of drug-likeness (QED) is 0.903. The van der Waals surface area contributed by atoms with Gasteiger partial charge in [-0.15, -0.1) is 0 Å². The molecule has 0 spiro atoms. The predicted octanol–water partition coefficient (Wildman–Crippen LogP) is 1.91. The van der Waals surface area contributed by atoms with Crippen LogP contribution < -0.4 is 10.5 Å². The lowest BCUT2D eigenvalue weighted by Crippen LogP contribution is -2.38. The first-order chi connectivity index (χ1) is 9.24. The number of hydrogen-bond acceptors (Lipinski definition) is 4. The number of benzene rings is 1. The van der Waals surface area contributed by atoms with E-state index in [0.29, 0.717) is 6.04 Å². The number of hydrogen-bond donors (Lipinski definition) is 1. The Morgan fingerprint density at radius 3 is 2.84 bits per heavy atom. The van der Waals surface area contributed by atoms with Crippen LogP contribution in [0.3, 0.4) is 0 Å². The second kappa shape index (κ2) is 5.21. The van der Waals surface area contributed by atoms with Crippen molar-refractivity contribution in [1.82, 2.24) is 0 Å². The molecular weight excluding hydrogens is 240 g/mol. The Labute approximate surface area is 113 Å². The van der Waals surface area contributed by atoms with Gasteiger partial charge < -0.3 is 15.2 Å². The number of fused-ring (bicyclic) bond motifs is 1. The smallest absolute Gasteiger partial charge is 0.188 e. The molecule has 1 aromatic carbocycles. The largest absolute Gasteiger partial charge is 0.497 e. The molecule has 1 aliphatic heterocycles. The monoisotopic (exact) mass is 260 g/mol. The lowest BCUT2D eigenvalue weighted by atomic mass is 9.90. The molecule has 0 aromatic heterocycles. The third-order valence-corrected chi connectivity index (χ3v) is 3.91. The summed E-state index contributed by atoms with van der Waals surface area (Å²) < 4.78 is 11.1. The minimum atomic E-state index is 0.206. The SMILES string of the molecule is COc1ccc(CC2=NC3CCC(N)CC3O2)cc1. The van der Waals surface area contributed by atoms with Gasteiger partial charge >= 0.3 is 0 Å². The first kappa shape index (κ1) is 12.5. The summed E-state index contributed by atoms with van der Waals surface area (Å²) in [5.74, 6) is 1.73. The molecule has 4 nitrogen and oxygen atoms in total. The van der Waals surface area contributed by atoms with E-state index in [1.807, 2.05) is 12.1 Å². The van der Waals surface area contributed by atoms with Crippen LogP contribution in [0, 0.1) is 0 Å². The zero-order valence-electron chi connectivity index (χ0n) is 11.2. The molecule has 0 radical (unpaired) electrons. The fourth-order valence-electron chi connectivity index (χ4n) is 2.81. The number of ether oxygens (including phenoxy) is 2. The van der Waals surface area contributed by atoms with E-state index in [2.05, 4.69) is 17.1 Å². The summed E-state index contributed by atoms with van der Waals surface area (Å²) >= 11 is 0. The summed E-state index contributed by atoms with van der Waals surface area (Å²) in [4.78, 5) is 4.69. The molecule has 1 saturated carbocycles. The molecule has 0 bridgehead atoms. The highest BCUT2D eigenvalue weighted by molar-refractivity contribution is 5.80. The van der Waals surface area contributed by atoms with Gasteiger partial charge in [0, 0.05) is 18.9 Å². The number of methoxy groups -OCH3 is 1. The molecule has 2 aliphatic rings. The van der Waals surface area contributed by atoms with Gasteiger partial charge in [0.05, 0.1) is 13.2 Å². The van der Waals surface area contributed by atoms with Crippen molar-refractivity contribution >= 4 is 5.90 Å². The zero-order valence-corrected chi connectivity index (χ0v) is 11.2. The Morgan fingerprint density at radius 1 is 1.32 bits per heavy atom. The molecule has 1 fully saturated rings. The van der Waals surface area contributed by atoms with Crippen LogP contribution in [0.1, 0.15) is 24.8 Å². The van der Waals surface area contributed by atoms with Crippen LogP contribution >= 0.6 is 0 Å². The molecule has 19 heavy (non-hydrogen) atoms. The van der Waals surface area contributed by atoms with E-state index in [4.69, 9.17) is 15.2 Å². The van der Waals surface area contributed by atoms with Crippen LogP contribution in [-0.2, 0) is 11.2 Å². The van der Waals surface area contributed by atoms with E-state index in [-0.39, 0.29) is 12.1 Å². The minimum absolute atomic E-state index is 0.206. The predicted molar refractivity (Wildman–Crippen MR) is 74.6 cm³/mol. The molecule has 102 valence electrons. The molecule has 1 aromatic rings. The van der Waals surface area contributed by atoms with E-state index in [0.717, 1.165) is 37.3 Å². The lowest BCUT2D eigenvalue weighted by Gasteiger charge is -2.26. The Hall–Kier alpha value is -1.55. The van der Waals surface area contributed by atoms with Crippen LogP contribution in [0.25, 0.3) is 0 Å². The molecule has 1 heterocycles. The fraction of sp³-hybridized carbons (Fsp3) is 0.533. The maximum absolute atomic E-state index is 5.98. The van der Waals surface area contributed by atoms with Gasteiger partial charge in [0.25, 0.3) is 0 Å². The summed E-state index contributed by atoms with van der Waals surface area (Å²) in [5.41, 5.74) is 7.17. The van der Waals surface area contributed by atoms with E-state index in [1.54, 1.807) is 7.11 Å². The highest BCUT2D eigenvalue weighted by Crippen LogP contribution is 2.29. The highest BCUT2D eigenvalue weighted by Gasteiger charge is 2.35. The molecule has 3 unspecified atom stereocenters. The van der Waals surface area contributed by atoms with Crippen molar-refractivity contribution < 1.29 is 9.47 Å². The van der Waals surface area contributed by atoms with Gasteiger partial charge in [-0.1, -0.05) is 12.1 Å². The molecule has 4 heteroatoms. The summed E-state index contributed by atoms with van der Waals surface area (Å²) in [6.07, 6.45) is 4.01. The van der Waals surface area contributed by atoms with Crippen molar-refractivity contribution in [3.05, 3.63) is 29.8 Å². The van der Waals surface area contributed by atoms with Gasteiger partial charge in [0.2, 0.25) is 0 Å². The molecule has 2 N–H and O–H groups in total. The first-order valence-corrected chi connectivity index (χ1v) is 6.86. The normalized spacial score (nSPS) is 29.4. The fourth-order valence-corrected chi connectivity index (χ4v) is 2.81. The number of aliphatic imine (C=N–C) groups is 1. The second-order valence-electron chi connectivity index (χ2n) is 5.34. The summed E-state index contributed by atoms with van der Waals surface area (Å²) in [6.45, 7) is 0. The molecule has 0 saturated heterocycles. The van der Waals surface area contributed by atoms with Crippen molar-refractivity contribution in [2.75, 3.05) is 7.11 Å². The average molecular weight is 260 g/mol. The van der Waals surface area contributed by atoms with Crippen LogP contribution in [0.5, 0.6) is 5.75 Å². The van der Waals surface area contributed by atoms with Crippen molar-refractivity contribution in [1.29, 1.82) is 0 Å². The van der Waals surface area contributed by atoms with E-state index >= 15 is 0 Å². The van der Waals surface area contributed by atoms with Crippen LogP contribution in [-0.4, -0.2) is 31.2 Å². The maximum Gasteiger partial charge on any atom is 0.188 e. The van der Waals surface area contributed by atoms with Crippen molar-refractivity contribution in [3.8, 4) is 5.75 Å². The summed E-state index contributed by atoms with van der Waals surface area (Å²) in [6, 6.07) is 8.64. The van der Waals surface area contributed by atoms with Gasteiger partial charge in [-0.2, -0.15) is 0 Å². The van der Waals surface area contributed by atoms with E-state index < -0.39 is 0 Å².